The first-order valence-electron chi connectivity index (χ1n) is 11.9. The fraction of sp³-hybridized carbons (Fsp3) is 0.346. The van der Waals surface area contributed by atoms with Gasteiger partial charge in [-0.05, 0) is 49.6 Å². The molecule has 188 valence electrons. The number of anilines is 3. The van der Waals surface area contributed by atoms with Crippen molar-refractivity contribution in [3.8, 4) is 5.75 Å². The van der Waals surface area contributed by atoms with Crippen LogP contribution in [0.2, 0.25) is 5.02 Å². The van der Waals surface area contributed by atoms with Crippen LogP contribution in [-0.2, 0) is 9.53 Å². The first kappa shape index (κ1) is 24.4. The van der Waals surface area contributed by atoms with E-state index in [1.54, 1.807) is 18.2 Å². The Labute approximate surface area is 213 Å². The van der Waals surface area contributed by atoms with E-state index in [4.69, 9.17) is 21.1 Å². The summed E-state index contributed by atoms with van der Waals surface area (Å²) in [5.74, 6) is 0.857. The molecule has 2 aromatic carbocycles. The Morgan fingerprint density at radius 3 is 3.03 bits per heavy atom. The lowest BCUT2D eigenvalue weighted by atomic mass is 9.93. The van der Waals surface area contributed by atoms with Crippen LogP contribution in [-0.4, -0.2) is 60.2 Å². The molecule has 3 heterocycles. The molecule has 0 bridgehead atoms. The van der Waals surface area contributed by atoms with Crippen LogP contribution in [0, 0.1) is 11.7 Å². The van der Waals surface area contributed by atoms with Crippen LogP contribution < -0.4 is 15.4 Å². The Morgan fingerprint density at radius 2 is 2.19 bits per heavy atom. The normalized spacial score (nSPS) is 20.0. The molecule has 1 aromatic heterocycles. The van der Waals surface area contributed by atoms with Gasteiger partial charge < -0.3 is 20.1 Å². The monoisotopic (exact) mass is 511 g/mol. The number of fused-ring (bicyclic) bond motifs is 2. The van der Waals surface area contributed by atoms with E-state index < -0.39 is 5.82 Å². The molecular weight excluding hydrogens is 485 g/mol. The third kappa shape index (κ3) is 5.43. The van der Waals surface area contributed by atoms with Crippen LogP contribution in [0.25, 0.3) is 10.9 Å². The zero-order valence-corrected chi connectivity index (χ0v) is 20.6. The van der Waals surface area contributed by atoms with E-state index >= 15 is 0 Å². The molecule has 2 unspecified atom stereocenters. The summed E-state index contributed by atoms with van der Waals surface area (Å²) in [6.07, 6.45) is 7.43. The van der Waals surface area contributed by atoms with E-state index in [9.17, 15) is 9.18 Å². The van der Waals surface area contributed by atoms with Gasteiger partial charge in [0.25, 0.3) is 0 Å². The van der Waals surface area contributed by atoms with E-state index in [0.717, 1.165) is 32.5 Å². The van der Waals surface area contributed by atoms with Crippen molar-refractivity contribution in [3.63, 3.8) is 0 Å². The van der Waals surface area contributed by atoms with Crippen LogP contribution in [0.5, 0.6) is 5.75 Å². The van der Waals surface area contributed by atoms with Crippen LogP contribution in [0.15, 0.2) is 48.8 Å². The van der Waals surface area contributed by atoms with Crippen LogP contribution in [0.1, 0.15) is 12.8 Å². The summed E-state index contributed by atoms with van der Waals surface area (Å²) < 4.78 is 24.8. The van der Waals surface area contributed by atoms with Crippen molar-refractivity contribution in [2.45, 2.75) is 18.9 Å². The number of hydrogen-bond acceptors (Lipinski definition) is 7. The maximum Gasteiger partial charge on any atom is 0.248 e. The average Bonchev–Trinajstić information content (AvgIpc) is 3.34. The van der Waals surface area contributed by atoms with Gasteiger partial charge in [0.05, 0.1) is 29.4 Å². The van der Waals surface area contributed by atoms with Gasteiger partial charge in [0, 0.05) is 42.9 Å². The minimum Gasteiger partial charge on any atom is -0.494 e. The molecule has 2 fully saturated rings. The van der Waals surface area contributed by atoms with E-state index in [1.165, 1.54) is 31.6 Å². The van der Waals surface area contributed by atoms with Crippen LogP contribution >= 0.6 is 11.6 Å². The number of carbonyl (C=O) groups excluding carboxylic acids is 1. The van der Waals surface area contributed by atoms with Gasteiger partial charge in [0.15, 0.2) is 0 Å². The number of methoxy groups -OCH3 is 1. The first-order valence-corrected chi connectivity index (χ1v) is 12.2. The quantitative estimate of drug-likeness (QED) is 0.441. The predicted molar refractivity (Wildman–Crippen MR) is 137 cm³/mol. The van der Waals surface area contributed by atoms with Crippen molar-refractivity contribution >= 4 is 45.6 Å². The molecule has 36 heavy (non-hydrogen) atoms. The van der Waals surface area contributed by atoms with Crippen LogP contribution in [0.4, 0.5) is 21.6 Å². The van der Waals surface area contributed by atoms with Gasteiger partial charge in [-0.2, -0.15) is 0 Å². The minimum absolute atomic E-state index is 0.0000837. The molecule has 0 aliphatic carbocycles. The number of nitrogens with zero attached hydrogens (tertiary/aromatic N) is 3. The summed E-state index contributed by atoms with van der Waals surface area (Å²) in [6.45, 7) is 3.47. The Morgan fingerprint density at radius 1 is 1.31 bits per heavy atom. The molecule has 10 heteroatoms. The number of ether oxygens (including phenoxy) is 2. The zero-order chi connectivity index (χ0) is 25.1. The molecule has 2 aliphatic heterocycles. The summed E-state index contributed by atoms with van der Waals surface area (Å²) in [7, 11) is 1.53. The third-order valence-corrected chi connectivity index (χ3v) is 6.92. The second kappa shape index (κ2) is 10.8. The van der Waals surface area contributed by atoms with Gasteiger partial charge in [0.1, 0.15) is 23.7 Å². The van der Waals surface area contributed by atoms with E-state index in [1.807, 2.05) is 6.08 Å². The molecule has 2 saturated heterocycles. The molecule has 3 aromatic rings. The highest BCUT2D eigenvalue weighted by atomic mass is 35.5. The predicted octanol–water partition coefficient (Wildman–Crippen LogP) is 4.78. The fourth-order valence-corrected chi connectivity index (χ4v) is 4.91. The number of piperidine rings is 1. The SMILES string of the molecule is COc1cc2ncnc(Nc3ccc(F)c(Cl)c3)c2cc1NC(=O)/C=C/CN1CCC2CCOC2C1. The number of likely N-dealkylation sites (tertiary alicyclic amines) is 1. The molecule has 2 N–H and O–H groups in total. The van der Waals surface area contributed by atoms with Gasteiger partial charge in [-0.15, -0.1) is 0 Å². The van der Waals surface area contributed by atoms with Gasteiger partial charge in [-0.25, -0.2) is 14.4 Å². The molecule has 0 spiro atoms. The Balaban J connectivity index is 1.30. The van der Waals surface area contributed by atoms with Crippen LogP contribution in [0.3, 0.4) is 0 Å². The summed E-state index contributed by atoms with van der Waals surface area (Å²) in [5, 5.41) is 6.67. The van der Waals surface area contributed by atoms with Crippen molar-refractivity contribution in [2.24, 2.45) is 5.92 Å². The number of halogens is 2. The Hall–Kier alpha value is -3.27. The second-order valence-corrected chi connectivity index (χ2v) is 9.35. The van der Waals surface area contributed by atoms with Crippen molar-refractivity contribution in [3.05, 3.63) is 59.7 Å². The lowest BCUT2D eigenvalue weighted by molar-refractivity contribution is -0.111. The highest BCUT2D eigenvalue weighted by Gasteiger charge is 2.33. The van der Waals surface area contributed by atoms with Gasteiger partial charge in [-0.1, -0.05) is 17.7 Å². The summed E-state index contributed by atoms with van der Waals surface area (Å²) in [5.41, 5.74) is 1.66. The number of benzene rings is 2. The standard InChI is InChI=1S/C26H27ClFN5O3/c1-35-23-13-21-18(26(30-15-29-21)31-17-4-5-20(28)19(27)11-17)12-22(23)32-25(34)3-2-8-33-9-6-16-7-10-36-24(16)14-33/h2-5,11-13,15-16,24H,6-10,14H2,1H3,(H,32,34)(H,29,30,31)/b3-2+. The van der Waals surface area contributed by atoms with Crippen molar-refractivity contribution < 1.29 is 18.7 Å². The van der Waals surface area contributed by atoms with E-state index in [-0.39, 0.29) is 10.9 Å². The maximum atomic E-state index is 13.5. The first-order chi connectivity index (χ1) is 17.5. The summed E-state index contributed by atoms with van der Waals surface area (Å²) in [6, 6.07) is 7.79. The van der Waals surface area contributed by atoms with Crippen molar-refractivity contribution in [2.75, 3.05) is 44.0 Å². The van der Waals surface area contributed by atoms with Gasteiger partial charge >= 0.3 is 0 Å². The number of rotatable bonds is 7. The Bertz CT molecular complexity index is 1300. The lowest BCUT2D eigenvalue weighted by Crippen LogP contribution is -2.42. The smallest absolute Gasteiger partial charge is 0.248 e. The number of hydrogen-bond donors (Lipinski definition) is 2. The summed E-state index contributed by atoms with van der Waals surface area (Å²) >= 11 is 5.91. The van der Waals surface area contributed by atoms with Gasteiger partial charge in [0.2, 0.25) is 5.91 Å². The summed E-state index contributed by atoms with van der Waals surface area (Å²) in [4.78, 5) is 23.6. The fourth-order valence-electron chi connectivity index (χ4n) is 4.73. The highest BCUT2D eigenvalue weighted by molar-refractivity contribution is 6.31. The molecule has 1 amide bonds. The molecule has 0 saturated carbocycles. The molecule has 2 atom stereocenters. The second-order valence-electron chi connectivity index (χ2n) is 8.94. The third-order valence-electron chi connectivity index (χ3n) is 6.63. The van der Waals surface area contributed by atoms with Gasteiger partial charge in [-0.3, -0.25) is 9.69 Å². The highest BCUT2D eigenvalue weighted by Crippen LogP contribution is 2.34. The van der Waals surface area contributed by atoms with E-state index in [0.29, 0.717) is 52.4 Å². The van der Waals surface area contributed by atoms with Crippen molar-refractivity contribution in [1.29, 1.82) is 0 Å². The van der Waals surface area contributed by atoms with Crippen molar-refractivity contribution in [1.82, 2.24) is 14.9 Å². The molecule has 5 rings (SSSR count). The molecule has 8 nitrogen and oxygen atoms in total. The average molecular weight is 512 g/mol. The number of aromatic nitrogens is 2. The lowest BCUT2D eigenvalue weighted by Gasteiger charge is -2.33. The maximum absolute atomic E-state index is 13.5. The number of carbonyl (C=O) groups is 1. The van der Waals surface area contributed by atoms with E-state index in [2.05, 4.69) is 25.5 Å². The molecule has 2 aliphatic rings. The zero-order valence-electron chi connectivity index (χ0n) is 19.8. The minimum atomic E-state index is -0.506. The molecule has 0 radical (unpaired) electrons. The largest absolute Gasteiger partial charge is 0.494 e. The number of amides is 1. The molecular formula is C26H27ClFN5O3. The number of nitrogens with one attached hydrogen (secondary N) is 2. The Kier molecular flexibility index (Phi) is 7.31. The topological polar surface area (TPSA) is 88.6 Å².